The van der Waals surface area contributed by atoms with E-state index < -0.39 is 16.8 Å². The Balaban J connectivity index is 1.79. The second-order valence-electron chi connectivity index (χ2n) is 6.56. The van der Waals surface area contributed by atoms with Crippen LogP contribution < -0.4 is 10.6 Å². The highest BCUT2D eigenvalue weighted by Gasteiger charge is 2.16. The Morgan fingerprint density at radius 3 is 2.73 bits per heavy atom. The first kappa shape index (κ1) is 20.8. The van der Waals surface area contributed by atoms with Gasteiger partial charge in [0.15, 0.2) is 11.0 Å². The van der Waals surface area contributed by atoms with Gasteiger partial charge < -0.3 is 10.6 Å². The van der Waals surface area contributed by atoms with Gasteiger partial charge in [0.25, 0.3) is 0 Å². The van der Waals surface area contributed by atoms with Crippen molar-refractivity contribution in [1.82, 2.24) is 14.3 Å². The lowest BCUT2D eigenvalue weighted by Crippen LogP contribution is -2.06. The Morgan fingerprint density at radius 1 is 1.17 bits per heavy atom. The highest BCUT2D eigenvalue weighted by Crippen LogP contribution is 2.30. The van der Waals surface area contributed by atoms with Crippen molar-refractivity contribution in [3.05, 3.63) is 82.4 Å². The molecule has 1 atom stereocenters. The molecule has 4 rings (SSSR count). The van der Waals surface area contributed by atoms with Crippen molar-refractivity contribution in [3.63, 3.8) is 0 Å². The predicted octanol–water partition coefficient (Wildman–Crippen LogP) is 5.52. The van der Waals surface area contributed by atoms with Crippen molar-refractivity contribution in [1.29, 1.82) is 0 Å². The van der Waals surface area contributed by atoms with Crippen molar-refractivity contribution < 1.29 is 8.60 Å². The van der Waals surface area contributed by atoms with Gasteiger partial charge in [-0.3, -0.25) is 8.96 Å². The minimum absolute atomic E-state index is 0.363. The van der Waals surface area contributed by atoms with Gasteiger partial charge in [-0.15, -0.1) is 0 Å². The molecule has 0 aliphatic rings. The third-order valence-corrected chi connectivity index (χ3v) is 6.30. The summed E-state index contributed by atoms with van der Waals surface area (Å²) in [5, 5.41) is 7.30. The van der Waals surface area contributed by atoms with Crippen molar-refractivity contribution >= 4 is 56.6 Å². The molecule has 2 N–H and O–H groups in total. The summed E-state index contributed by atoms with van der Waals surface area (Å²) in [5.41, 5.74) is 3.58. The largest absolute Gasteiger partial charge is 0.353 e. The van der Waals surface area contributed by atoms with Gasteiger partial charge in [0.05, 0.1) is 38.5 Å². The van der Waals surface area contributed by atoms with Gasteiger partial charge in [0.2, 0.25) is 0 Å². The van der Waals surface area contributed by atoms with Crippen LogP contribution >= 0.6 is 23.2 Å². The quantitative estimate of drug-likeness (QED) is 0.396. The number of nitrogens with zero attached hydrogens (tertiary/aromatic N) is 2. The van der Waals surface area contributed by atoms with Crippen LogP contribution in [-0.2, 0) is 17.5 Å². The molecule has 0 bridgehead atoms. The first-order chi connectivity index (χ1) is 14.5. The van der Waals surface area contributed by atoms with Crippen molar-refractivity contribution in [2.75, 3.05) is 12.4 Å². The van der Waals surface area contributed by atoms with Gasteiger partial charge in [0.1, 0.15) is 5.82 Å². The van der Waals surface area contributed by atoms with Crippen LogP contribution in [0, 0.1) is 5.82 Å². The number of rotatable bonds is 6. The fourth-order valence-electron chi connectivity index (χ4n) is 3.10. The number of hydrogen-bond acceptors (Lipinski definition) is 4. The summed E-state index contributed by atoms with van der Waals surface area (Å²) in [7, 11) is 0.186. The van der Waals surface area contributed by atoms with Crippen LogP contribution in [0.5, 0.6) is 0 Å². The average Bonchev–Trinajstić information content (AvgIpc) is 3.08. The van der Waals surface area contributed by atoms with E-state index in [-0.39, 0.29) is 0 Å². The smallest absolute Gasteiger partial charge is 0.157 e. The minimum atomic E-state index is -1.64. The fraction of sp³-hybridized carbons (Fsp3) is 0.0952. The fourth-order valence-corrected chi connectivity index (χ4v) is 4.73. The van der Waals surface area contributed by atoms with E-state index in [1.54, 1.807) is 40.6 Å². The average molecular weight is 463 g/mol. The van der Waals surface area contributed by atoms with Gasteiger partial charge in [-0.25, -0.2) is 8.60 Å². The number of benzene rings is 2. The first-order valence-electron chi connectivity index (χ1n) is 9.01. The topological polar surface area (TPSA) is 59.0 Å². The molecule has 5 nitrogen and oxygen atoms in total. The summed E-state index contributed by atoms with van der Waals surface area (Å²) >= 11 is 12.2. The molecular formula is C21H17Cl2FN4OS. The van der Waals surface area contributed by atoms with Crippen LogP contribution in [0.3, 0.4) is 0 Å². The molecular weight excluding hydrogens is 446 g/mol. The van der Waals surface area contributed by atoms with Gasteiger partial charge >= 0.3 is 0 Å². The van der Waals surface area contributed by atoms with Crippen LogP contribution in [0.25, 0.3) is 11.0 Å². The number of nitrogens with one attached hydrogen (secondary N) is 2. The van der Waals surface area contributed by atoms with Gasteiger partial charge in [-0.1, -0.05) is 29.3 Å². The molecule has 0 aliphatic heterocycles. The van der Waals surface area contributed by atoms with E-state index in [2.05, 4.69) is 15.6 Å². The summed E-state index contributed by atoms with van der Waals surface area (Å²) < 4.78 is 28.4. The van der Waals surface area contributed by atoms with E-state index in [9.17, 15) is 8.60 Å². The van der Waals surface area contributed by atoms with Crippen molar-refractivity contribution in [2.45, 2.75) is 11.4 Å². The zero-order valence-electron chi connectivity index (χ0n) is 15.8. The Kier molecular flexibility index (Phi) is 6.06. The Bertz CT molecular complexity index is 1260. The summed E-state index contributed by atoms with van der Waals surface area (Å²) in [6.07, 6.45) is 3.45. The summed E-state index contributed by atoms with van der Waals surface area (Å²) in [5.74, 6) is -0.439. The Hall–Kier alpha value is -2.45. The van der Waals surface area contributed by atoms with Crippen LogP contribution in [0.1, 0.15) is 5.56 Å². The Morgan fingerprint density at radius 2 is 2.00 bits per heavy atom. The monoisotopic (exact) mass is 462 g/mol. The van der Waals surface area contributed by atoms with E-state index in [1.807, 2.05) is 13.1 Å². The molecule has 0 saturated heterocycles. The zero-order chi connectivity index (χ0) is 21.3. The zero-order valence-corrected chi connectivity index (χ0v) is 18.2. The van der Waals surface area contributed by atoms with Crippen molar-refractivity contribution in [2.24, 2.45) is 0 Å². The number of fused-ring (bicyclic) bond motifs is 1. The second kappa shape index (κ2) is 8.73. The molecule has 9 heteroatoms. The van der Waals surface area contributed by atoms with Crippen molar-refractivity contribution in [3.8, 4) is 0 Å². The highest BCUT2D eigenvalue weighted by atomic mass is 35.5. The standard InChI is InChI=1S/C21H17Cl2FN4OS/c1-25-10-13-12-28(30(29)17-4-2-3-15(24)8-17)20-9-16(11-26-21(13)20)27-19-6-5-14(22)7-18(19)23/h2-9,11-12,25,27H,10H2,1H3. The van der Waals surface area contributed by atoms with Crippen LogP contribution in [-0.4, -0.2) is 20.2 Å². The van der Waals surface area contributed by atoms with Crippen LogP contribution in [0.4, 0.5) is 15.8 Å². The molecule has 0 amide bonds. The molecule has 30 heavy (non-hydrogen) atoms. The lowest BCUT2D eigenvalue weighted by molar-refractivity contribution is 0.622. The highest BCUT2D eigenvalue weighted by molar-refractivity contribution is 7.83. The third kappa shape index (κ3) is 4.20. The maximum atomic E-state index is 13.7. The van der Waals surface area contributed by atoms with Crippen LogP contribution in [0.2, 0.25) is 10.0 Å². The van der Waals surface area contributed by atoms with Gasteiger partial charge in [-0.2, -0.15) is 0 Å². The number of aromatic nitrogens is 2. The summed E-state index contributed by atoms with van der Waals surface area (Å²) in [4.78, 5) is 4.92. The summed E-state index contributed by atoms with van der Waals surface area (Å²) in [6.45, 7) is 0.548. The Labute approximate surface area is 185 Å². The van der Waals surface area contributed by atoms with E-state index in [1.165, 1.54) is 18.2 Å². The molecule has 2 aromatic carbocycles. The minimum Gasteiger partial charge on any atom is -0.353 e. The molecule has 154 valence electrons. The maximum Gasteiger partial charge on any atom is 0.157 e. The third-order valence-electron chi connectivity index (χ3n) is 4.44. The SMILES string of the molecule is CNCc1cn(S(=O)c2cccc(F)c2)c2cc(Nc3ccc(Cl)cc3Cl)cnc12. The summed E-state index contributed by atoms with van der Waals surface area (Å²) in [6, 6.07) is 12.7. The molecule has 2 aromatic heterocycles. The molecule has 1 unspecified atom stereocenters. The molecule has 0 radical (unpaired) electrons. The maximum absolute atomic E-state index is 13.7. The normalized spacial score (nSPS) is 12.3. The predicted molar refractivity (Wildman–Crippen MR) is 120 cm³/mol. The molecule has 2 heterocycles. The molecule has 0 fully saturated rings. The number of anilines is 2. The molecule has 0 spiro atoms. The molecule has 0 aliphatic carbocycles. The number of halogens is 3. The molecule has 4 aromatic rings. The van der Waals surface area contributed by atoms with E-state index in [0.717, 1.165) is 5.56 Å². The van der Waals surface area contributed by atoms with Crippen LogP contribution in [0.15, 0.2) is 65.8 Å². The van der Waals surface area contributed by atoms with E-state index >= 15 is 0 Å². The lowest BCUT2D eigenvalue weighted by atomic mass is 10.2. The molecule has 0 saturated carbocycles. The first-order valence-corrected chi connectivity index (χ1v) is 10.9. The number of hydrogen-bond donors (Lipinski definition) is 2. The van der Waals surface area contributed by atoms with Gasteiger partial charge in [0, 0.05) is 23.3 Å². The number of pyridine rings is 1. The lowest BCUT2D eigenvalue weighted by Gasteiger charge is -2.10. The van der Waals surface area contributed by atoms with E-state index in [4.69, 9.17) is 23.2 Å². The van der Waals surface area contributed by atoms with Gasteiger partial charge in [-0.05, 0) is 49.5 Å². The van der Waals surface area contributed by atoms with E-state index in [0.29, 0.717) is 43.9 Å². The second-order valence-corrected chi connectivity index (χ2v) is 8.76.